The van der Waals surface area contributed by atoms with Crippen LogP contribution in [0.1, 0.15) is 26.2 Å². The second-order valence-corrected chi connectivity index (χ2v) is 5.05. The summed E-state index contributed by atoms with van der Waals surface area (Å²) in [4.78, 5) is 4.43. The molecule has 0 radical (unpaired) electrons. The molecular formula is C14H23N3O2. The third kappa shape index (κ3) is 4.28. The van der Waals surface area contributed by atoms with Gasteiger partial charge in [0.15, 0.2) is 0 Å². The number of aromatic nitrogens is 1. The van der Waals surface area contributed by atoms with Gasteiger partial charge in [-0.15, -0.1) is 0 Å². The number of nitrogen functional groups attached to an aromatic ring is 1. The van der Waals surface area contributed by atoms with Gasteiger partial charge in [-0.25, -0.2) is 0 Å². The molecule has 0 bridgehead atoms. The minimum absolute atomic E-state index is 0.248. The average Bonchev–Trinajstić information content (AvgIpc) is 3.23. The molecule has 0 aromatic carbocycles. The summed E-state index contributed by atoms with van der Waals surface area (Å²) in [6.07, 6.45) is 3.48. The van der Waals surface area contributed by atoms with Crippen LogP contribution in [0, 0.1) is 5.92 Å². The van der Waals surface area contributed by atoms with Gasteiger partial charge in [0.1, 0.15) is 5.82 Å². The van der Waals surface area contributed by atoms with E-state index in [1.807, 2.05) is 12.1 Å². The van der Waals surface area contributed by atoms with Crippen LogP contribution in [0.25, 0.3) is 0 Å². The van der Waals surface area contributed by atoms with E-state index in [0.717, 1.165) is 18.8 Å². The maximum atomic E-state index is 5.88. The molecule has 1 aliphatic rings. The van der Waals surface area contributed by atoms with Gasteiger partial charge >= 0.3 is 0 Å². The van der Waals surface area contributed by atoms with Crippen molar-refractivity contribution in [3.63, 3.8) is 0 Å². The highest BCUT2D eigenvalue weighted by Gasteiger charge is 2.22. The molecule has 19 heavy (non-hydrogen) atoms. The van der Waals surface area contributed by atoms with Crippen LogP contribution in [0.5, 0.6) is 5.88 Å². The van der Waals surface area contributed by atoms with Crippen LogP contribution in [0.15, 0.2) is 12.1 Å². The number of nitrogens with zero attached hydrogens (tertiary/aromatic N) is 1. The van der Waals surface area contributed by atoms with Crippen molar-refractivity contribution in [2.24, 2.45) is 5.92 Å². The van der Waals surface area contributed by atoms with Crippen LogP contribution in [0.3, 0.4) is 0 Å². The number of methoxy groups -OCH3 is 1. The Morgan fingerprint density at radius 3 is 2.89 bits per heavy atom. The summed E-state index contributed by atoms with van der Waals surface area (Å²) in [5.74, 6) is 2.00. The molecule has 1 fully saturated rings. The van der Waals surface area contributed by atoms with Crippen LogP contribution >= 0.6 is 0 Å². The van der Waals surface area contributed by atoms with Gasteiger partial charge in [0, 0.05) is 7.11 Å². The van der Waals surface area contributed by atoms with Crippen molar-refractivity contribution >= 4 is 11.5 Å². The highest BCUT2D eigenvalue weighted by Crippen LogP contribution is 2.30. The van der Waals surface area contributed by atoms with E-state index in [0.29, 0.717) is 24.1 Å². The molecule has 1 aliphatic carbocycles. The summed E-state index contributed by atoms with van der Waals surface area (Å²) in [6, 6.07) is 3.95. The standard InChI is InChI=1S/C14H23N3O2/c1-3-11(9-18-2)16-13-7-6-12(15)14(17-13)19-8-10-4-5-10/h6-7,10-11H,3-5,8-9,15H2,1-2H3,(H,16,17). The molecule has 1 aromatic heterocycles. The number of ether oxygens (including phenoxy) is 2. The Morgan fingerprint density at radius 1 is 1.47 bits per heavy atom. The minimum atomic E-state index is 0.248. The third-order valence-electron chi connectivity index (χ3n) is 3.26. The van der Waals surface area contributed by atoms with E-state index in [1.165, 1.54) is 12.8 Å². The first kappa shape index (κ1) is 13.9. The Hall–Kier alpha value is -1.49. The van der Waals surface area contributed by atoms with Crippen molar-refractivity contribution in [2.75, 3.05) is 31.4 Å². The summed E-state index contributed by atoms with van der Waals surface area (Å²) >= 11 is 0. The van der Waals surface area contributed by atoms with E-state index in [4.69, 9.17) is 15.2 Å². The van der Waals surface area contributed by atoms with Gasteiger partial charge in [-0.2, -0.15) is 4.98 Å². The van der Waals surface area contributed by atoms with Crippen molar-refractivity contribution in [1.82, 2.24) is 4.98 Å². The van der Waals surface area contributed by atoms with Crippen LogP contribution in [-0.2, 0) is 4.74 Å². The predicted molar refractivity (Wildman–Crippen MR) is 76.4 cm³/mol. The number of hydrogen-bond acceptors (Lipinski definition) is 5. The lowest BCUT2D eigenvalue weighted by atomic mass is 10.2. The number of hydrogen-bond donors (Lipinski definition) is 2. The first-order valence-electron chi connectivity index (χ1n) is 6.87. The topological polar surface area (TPSA) is 69.4 Å². The van der Waals surface area contributed by atoms with Gasteiger partial charge < -0.3 is 20.5 Å². The molecule has 1 saturated carbocycles. The van der Waals surface area contributed by atoms with Gasteiger partial charge in [-0.3, -0.25) is 0 Å². The monoisotopic (exact) mass is 265 g/mol. The normalized spacial score (nSPS) is 16.1. The molecule has 1 heterocycles. The summed E-state index contributed by atoms with van der Waals surface area (Å²) in [7, 11) is 1.70. The fourth-order valence-corrected chi connectivity index (χ4v) is 1.80. The highest BCUT2D eigenvalue weighted by atomic mass is 16.5. The first-order chi connectivity index (χ1) is 9.22. The number of anilines is 2. The molecule has 0 saturated heterocycles. The Balaban J connectivity index is 1.97. The van der Waals surface area contributed by atoms with Gasteiger partial charge in [-0.05, 0) is 37.3 Å². The van der Waals surface area contributed by atoms with Crippen LogP contribution in [-0.4, -0.2) is 31.3 Å². The van der Waals surface area contributed by atoms with E-state index in [1.54, 1.807) is 7.11 Å². The van der Waals surface area contributed by atoms with Crippen LogP contribution in [0.2, 0.25) is 0 Å². The minimum Gasteiger partial charge on any atom is -0.476 e. The van der Waals surface area contributed by atoms with E-state index >= 15 is 0 Å². The number of nitrogens with two attached hydrogens (primary N) is 1. The van der Waals surface area contributed by atoms with Crippen molar-refractivity contribution in [3.05, 3.63) is 12.1 Å². The van der Waals surface area contributed by atoms with E-state index in [9.17, 15) is 0 Å². The molecule has 0 amide bonds. The Labute approximate surface area is 114 Å². The number of pyridine rings is 1. The van der Waals surface area contributed by atoms with Crippen molar-refractivity contribution in [1.29, 1.82) is 0 Å². The molecular weight excluding hydrogens is 242 g/mol. The first-order valence-corrected chi connectivity index (χ1v) is 6.87. The Bertz CT molecular complexity index is 408. The lowest BCUT2D eigenvalue weighted by molar-refractivity contribution is 0.184. The molecule has 5 heteroatoms. The lowest BCUT2D eigenvalue weighted by Crippen LogP contribution is -2.24. The van der Waals surface area contributed by atoms with Gasteiger partial charge in [0.05, 0.1) is 24.9 Å². The maximum Gasteiger partial charge on any atom is 0.239 e. The number of rotatable bonds is 8. The lowest BCUT2D eigenvalue weighted by Gasteiger charge is -2.17. The maximum absolute atomic E-state index is 5.88. The van der Waals surface area contributed by atoms with E-state index in [2.05, 4.69) is 17.2 Å². The van der Waals surface area contributed by atoms with Crippen molar-refractivity contribution in [3.8, 4) is 5.88 Å². The second-order valence-electron chi connectivity index (χ2n) is 5.05. The van der Waals surface area contributed by atoms with Crippen LogP contribution < -0.4 is 15.8 Å². The Kier molecular flexibility index (Phi) is 4.85. The average molecular weight is 265 g/mol. The largest absolute Gasteiger partial charge is 0.476 e. The molecule has 3 N–H and O–H groups in total. The molecule has 0 spiro atoms. The van der Waals surface area contributed by atoms with Gasteiger partial charge in [0.25, 0.3) is 0 Å². The second kappa shape index (κ2) is 6.61. The summed E-state index contributed by atoms with van der Waals surface area (Å²) < 4.78 is 10.8. The molecule has 106 valence electrons. The smallest absolute Gasteiger partial charge is 0.239 e. The van der Waals surface area contributed by atoms with E-state index < -0.39 is 0 Å². The van der Waals surface area contributed by atoms with Crippen molar-refractivity contribution in [2.45, 2.75) is 32.2 Å². The zero-order chi connectivity index (χ0) is 13.7. The zero-order valence-corrected chi connectivity index (χ0v) is 11.7. The van der Waals surface area contributed by atoms with Crippen molar-refractivity contribution < 1.29 is 9.47 Å². The molecule has 1 aromatic rings. The fraction of sp³-hybridized carbons (Fsp3) is 0.643. The van der Waals surface area contributed by atoms with Gasteiger partial charge in [0.2, 0.25) is 5.88 Å². The fourth-order valence-electron chi connectivity index (χ4n) is 1.80. The Morgan fingerprint density at radius 2 is 2.26 bits per heavy atom. The SMILES string of the molecule is CCC(COC)Nc1ccc(N)c(OCC2CC2)n1. The molecule has 1 unspecified atom stereocenters. The predicted octanol–water partition coefficient (Wildman–Crippen LogP) is 2.29. The summed E-state index contributed by atoms with van der Waals surface area (Å²) in [6.45, 7) is 3.48. The zero-order valence-electron chi connectivity index (χ0n) is 11.7. The van der Waals surface area contributed by atoms with Crippen LogP contribution in [0.4, 0.5) is 11.5 Å². The molecule has 0 aliphatic heterocycles. The molecule has 5 nitrogen and oxygen atoms in total. The molecule has 1 atom stereocenters. The number of nitrogens with one attached hydrogen (secondary N) is 1. The van der Waals surface area contributed by atoms with E-state index in [-0.39, 0.29) is 6.04 Å². The summed E-state index contributed by atoms with van der Waals surface area (Å²) in [5.41, 5.74) is 6.47. The summed E-state index contributed by atoms with van der Waals surface area (Å²) in [5, 5.41) is 3.33. The highest BCUT2D eigenvalue weighted by molar-refractivity contribution is 5.53. The third-order valence-corrected chi connectivity index (χ3v) is 3.26. The quantitative estimate of drug-likeness (QED) is 0.754. The van der Waals surface area contributed by atoms with Gasteiger partial charge in [-0.1, -0.05) is 6.92 Å². The molecule has 2 rings (SSSR count).